The molecule has 0 unspecified atom stereocenters. The standard InChI is InChI=1S/C14H11N3O/c15-13(18)11-7-4-8-17-9-12(16-14(11)17)10-5-2-1-3-6-10/h1-9H,(H2,15,18). The molecule has 1 amide bonds. The van der Waals surface area contributed by atoms with Gasteiger partial charge in [-0.2, -0.15) is 0 Å². The number of carbonyl (C=O) groups excluding carboxylic acids is 1. The van der Waals surface area contributed by atoms with Gasteiger partial charge >= 0.3 is 0 Å². The normalized spacial score (nSPS) is 10.7. The van der Waals surface area contributed by atoms with Gasteiger partial charge < -0.3 is 10.1 Å². The highest BCUT2D eigenvalue weighted by Gasteiger charge is 2.10. The predicted octanol–water partition coefficient (Wildman–Crippen LogP) is 2.10. The van der Waals surface area contributed by atoms with Crippen molar-refractivity contribution in [1.82, 2.24) is 9.38 Å². The van der Waals surface area contributed by atoms with Gasteiger partial charge in [0, 0.05) is 18.0 Å². The zero-order valence-corrected chi connectivity index (χ0v) is 9.58. The maximum Gasteiger partial charge on any atom is 0.252 e. The summed E-state index contributed by atoms with van der Waals surface area (Å²) in [4.78, 5) is 15.8. The molecule has 2 aromatic heterocycles. The topological polar surface area (TPSA) is 60.4 Å². The number of nitrogens with two attached hydrogens (primary N) is 1. The van der Waals surface area contributed by atoms with E-state index in [2.05, 4.69) is 4.98 Å². The Hall–Kier alpha value is -2.62. The Labute approximate surface area is 104 Å². The maximum absolute atomic E-state index is 11.3. The summed E-state index contributed by atoms with van der Waals surface area (Å²) in [6, 6.07) is 13.3. The van der Waals surface area contributed by atoms with Crippen molar-refractivity contribution >= 4 is 11.6 Å². The zero-order valence-electron chi connectivity index (χ0n) is 9.58. The van der Waals surface area contributed by atoms with Gasteiger partial charge in [-0.1, -0.05) is 30.3 Å². The molecule has 0 aliphatic carbocycles. The van der Waals surface area contributed by atoms with E-state index in [1.165, 1.54) is 0 Å². The minimum atomic E-state index is -0.467. The van der Waals surface area contributed by atoms with Crippen LogP contribution in [0.1, 0.15) is 10.4 Å². The van der Waals surface area contributed by atoms with E-state index in [1.807, 2.05) is 47.1 Å². The number of amides is 1. The molecule has 0 saturated carbocycles. The van der Waals surface area contributed by atoms with Crippen molar-refractivity contribution < 1.29 is 4.79 Å². The first kappa shape index (κ1) is 10.5. The number of pyridine rings is 1. The molecule has 0 fully saturated rings. The molecule has 0 bridgehead atoms. The fourth-order valence-electron chi connectivity index (χ4n) is 1.95. The van der Waals surface area contributed by atoms with Crippen molar-refractivity contribution in [2.45, 2.75) is 0 Å². The molecule has 4 nitrogen and oxygen atoms in total. The number of benzene rings is 1. The first-order chi connectivity index (χ1) is 8.75. The first-order valence-corrected chi connectivity index (χ1v) is 5.58. The van der Waals surface area contributed by atoms with Crippen LogP contribution in [0.15, 0.2) is 54.9 Å². The van der Waals surface area contributed by atoms with Crippen LogP contribution in [-0.4, -0.2) is 15.3 Å². The van der Waals surface area contributed by atoms with Gasteiger partial charge in [-0.05, 0) is 12.1 Å². The van der Waals surface area contributed by atoms with Crippen LogP contribution in [0.25, 0.3) is 16.9 Å². The second kappa shape index (κ2) is 4.00. The van der Waals surface area contributed by atoms with Gasteiger partial charge in [0.25, 0.3) is 5.91 Å². The van der Waals surface area contributed by atoms with E-state index in [1.54, 1.807) is 12.1 Å². The van der Waals surface area contributed by atoms with Crippen LogP contribution in [-0.2, 0) is 0 Å². The van der Waals surface area contributed by atoms with E-state index in [4.69, 9.17) is 5.73 Å². The van der Waals surface area contributed by atoms with Crippen LogP contribution in [0.5, 0.6) is 0 Å². The number of primary amides is 1. The van der Waals surface area contributed by atoms with Crippen LogP contribution >= 0.6 is 0 Å². The monoisotopic (exact) mass is 237 g/mol. The Morgan fingerprint density at radius 3 is 2.61 bits per heavy atom. The van der Waals surface area contributed by atoms with E-state index in [-0.39, 0.29) is 0 Å². The average Bonchev–Trinajstić information content (AvgIpc) is 2.83. The maximum atomic E-state index is 11.3. The van der Waals surface area contributed by atoms with Gasteiger partial charge in [-0.15, -0.1) is 0 Å². The van der Waals surface area contributed by atoms with Crippen molar-refractivity contribution in [3.8, 4) is 11.3 Å². The molecular formula is C14H11N3O. The highest BCUT2D eigenvalue weighted by molar-refractivity contribution is 5.98. The molecule has 4 heteroatoms. The molecule has 0 aliphatic rings. The number of hydrogen-bond donors (Lipinski definition) is 1. The number of imidazole rings is 1. The Morgan fingerprint density at radius 2 is 1.89 bits per heavy atom. The lowest BCUT2D eigenvalue weighted by Crippen LogP contribution is -2.12. The first-order valence-electron chi connectivity index (χ1n) is 5.58. The fourth-order valence-corrected chi connectivity index (χ4v) is 1.95. The molecule has 0 radical (unpaired) electrons. The molecule has 1 aromatic carbocycles. The van der Waals surface area contributed by atoms with Gasteiger partial charge in [0.05, 0.1) is 11.3 Å². The van der Waals surface area contributed by atoms with E-state index < -0.39 is 5.91 Å². The molecule has 3 aromatic rings. The Bertz CT molecular complexity index is 716. The Morgan fingerprint density at radius 1 is 1.11 bits per heavy atom. The summed E-state index contributed by atoms with van der Waals surface area (Å²) >= 11 is 0. The number of hydrogen-bond acceptors (Lipinski definition) is 2. The summed E-state index contributed by atoms with van der Waals surface area (Å²) in [5, 5.41) is 0. The smallest absolute Gasteiger partial charge is 0.252 e. The highest BCUT2D eigenvalue weighted by Crippen LogP contribution is 2.20. The van der Waals surface area contributed by atoms with Gasteiger partial charge in [0.2, 0.25) is 0 Å². The number of aromatic nitrogens is 2. The van der Waals surface area contributed by atoms with E-state index in [0.29, 0.717) is 11.2 Å². The molecule has 0 spiro atoms. The van der Waals surface area contributed by atoms with Crippen molar-refractivity contribution in [3.63, 3.8) is 0 Å². The minimum absolute atomic E-state index is 0.430. The quantitative estimate of drug-likeness (QED) is 0.742. The summed E-state index contributed by atoms with van der Waals surface area (Å²) in [5.74, 6) is -0.467. The van der Waals surface area contributed by atoms with Crippen molar-refractivity contribution in [2.24, 2.45) is 5.73 Å². The van der Waals surface area contributed by atoms with Crippen molar-refractivity contribution in [3.05, 3.63) is 60.4 Å². The largest absolute Gasteiger partial charge is 0.365 e. The summed E-state index contributed by atoms with van der Waals surface area (Å²) in [7, 11) is 0. The molecule has 0 atom stereocenters. The third-order valence-electron chi connectivity index (χ3n) is 2.82. The summed E-state index contributed by atoms with van der Waals surface area (Å²) < 4.78 is 1.81. The number of rotatable bonds is 2. The molecule has 88 valence electrons. The second-order valence-electron chi connectivity index (χ2n) is 4.01. The summed E-state index contributed by atoms with van der Waals surface area (Å²) in [5.41, 5.74) is 8.19. The molecule has 2 N–H and O–H groups in total. The average molecular weight is 237 g/mol. The number of nitrogens with zero attached hydrogens (tertiary/aromatic N) is 2. The summed E-state index contributed by atoms with van der Waals surface area (Å²) in [6.45, 7) is 0. The molecule has 0 saturated heterocycles. The molecule has 2 heterocycles. The lowest BCUT2D eigenvalue weighted by atomic mass is 10.2. The molecule has 0 aliphatic heterocycles. The van der Waals surface area contributed by atoms with Gasteiger partial charge in [0.15, 0.2) is 0 Å². The van der Waals surface area contributed by atoms with Crippen LogP contribution < -0.4 is 5.73 Å². The predicted molar refractivity (Wildman–Crippen MR) is 69.1 cm³/mol. The third-order valence-corrected chi connectivity index (χ3v) is 2.82. The Kier molecular flexibility index (Phi) is 2.34. The lowest BCUT2D eigenvalue weighted by molar-refractivity contribution is 0.100. The number of fused-ring (bicyclic) bond motifs is 1. The van der Waals surface area contributed by atoms with E-state index in [0.717, 1.165) is 11.3 Å². The van der Waals surface area contributed by atoms with Gasteiger partial charge in [-0.3, -0.25) is 4.79 Å². The molecule has 3 rings (SSSR count). The number of carbonyl (C=O) groups is 1. The van der Waals surface area contributed by atoms with Crippen molar-refractivity contribution in [2.75, 3.05) is 0 Å². The van der Waals surface area contributed by atoms with E-state index >= 15 is 0 Å². The third kappa shape index (κ3) is 1.64. The zero-order chi connectivity index (χ0) is 12.5. The Balaban J connectivity index is 2.23. The van der Waals surface area contributed by atoms with Crippen molar-refractivity contribution in [1.29, 1.82) is 0 Å². The van der Waals surface area contributed by atoms with Crippen LogP contribution in [0.4, 0.5) is 0 Å². The molecule has 18 heavy (non-hydrogen) atoms. The van der Waals surface area contributed by atoms with Crippen LogP contribution in [0, 0.1) is 0 Å². The van der Waals surface area contributed by atoms with E-state index in [9.17, 15) is 4.79 Å². The lowest BCUT2D eigenvalue weighted by Gasteiger charge is -1.97. The van der Waals surface area contributed by atoms with Gasteiger partial charge in [0.1, 0.15) is 5.65 Å². The van der Waals surface area contributed by atoms with Crippen LogP contribution in [0.2, 0.25) is 0 Å². The van der Waals surface area contributed by atoms with Gasteiger partial charge in [-0.25, -0.2) is 4.98 Å². The second-order valence-corrected chi connectivity index (χ2v) is 4.01. The van der Waals surface area contributed by atoms with Crippen LogP contribution in [0.3, 0.4) is 0 Å². The fraction of sp³-hybridized carbons (Fsp3) is 0. The minimum Gasteiger partial charge on any atom is -0.365 e. The SMILES string of the molecule is NC(=O)c1cccn2cc(-c3ccccc3)nc12. The summed E-state index contributed by atoms with van der Waals surface area (Å²) in [6.07, 6.45) is 3.73. The highest BCUT2D eigenvalue weighted by atomic mass is 16.1. The molecular weight excluding hydrogens is 226 g/mol.